The number of hydrogen-bond acceptors (Lipinski definition) is 7. The molecule has 0 aromatic heterocycles. The molecule has 0 saturated heterocycles. The maximum atomic E-state index is 11.8. The van der Waals surface area contributed by atoms with Crippen molar-refractivity contribution in [2.45, 2.75) is 97.0 Å². The van der Waals surface area contributed by atoms with E-state index in [1.54, 1.807) is 0 Å². The van der Waals surface area contributed by atoms with E-state index >= 15 is 0 Å². The lowest BCUT2D eigenvalue weighted by Gasteiger charge is -2.15. The number of carbonyl (C=O) groups is 2. The van der Waals surface area contributed by atoms with Crippen LogP contribution in [0.1, 0.15) is 90.9 Å². The van der Waals surface area contributed by atoms with Crippen LogP contribution in [0, 0.1) is 0 Å². The van der Waals surface area contributed by atoms with Crippen LogP contribution in [0.15, 0.2) is 12.2 Å². The Hall–Kier alpha value is -1.25. The molecule has 9 nitrogen and oxygen atoms in total. The maximum Gasteiger partial charge on any atom is 0.472 e. The zero-order chi connectivity index (χ0) is 24.8. The molecule has 1 amide bonds. The standard InChI is InChI=1S/C23H44NO8P/c1-3-5-7-8-9-10-11-12-13-14-15-22(26)24-17-18-31-33(28,29)32-20-21(25)19-30-23(27)16-6-4-2/h7-8,21,25H,3-6,9-20H2,1-2H3,(H,24,26)(H,28,29)/b8-7-. The molecule has 194 valence electrons. The molecule has 0 aliphatic carbocycles. The number of phosphoric acid groups is 1. The molecule has 3 N–H and O–H groups in total. The molecule has 0 rings (SSSR count). The molecule has 33 heavy (non-hydrogen) atoms. The number of carbonyl (C=O) groups excluding carboxylic acids is 2. The van der Waals surface area contributed by atoms with Crippen LogP contribution < -0.4 is 5.32 Å². The van der Waals surface area contributed by atoms with E-state index in [2.05, 4.69) is 28.9 Å². The largest absolute Gasteiger partial charge is 0.472 e. The molecule has 0 spiro atoms. The molecule has 0 heterocycles. The van der Waals surface area contributed by atoms with E-state index in [1.807, 2.05) is 6.92 Å². The summed E-state index contributed by atoms with van der Waals surface area (Å²) < 4.78 is 26.1. The summed E-state index contributed by atoms with van der Waals surface area (Å²) >= 11 is 0. The first-order chi connectivity index (χ1) is 15.8. The molecule has 0 bridgehead atoms. The van der Waals surface area contributed by atoms with E-state index in [1.165, 1.54) is 12.8 Å². The van der Waals surface area contributed by atoms with Gasteiger partial charge in [0.05, 0.1) is 13.2 Å². The number of aliphatic hydroxyl groups is 1. The number of unbranched alkanes of at least 4 members (excludes halogenated alkanes) is 7. The smallest absolute Gasteiger partial charge is 0.463 e. The summed E-state index contributed by atoms with van der Waals surface area (Å²) in [6.07, 6.45) is 14.1. The SMILES string of the molecule is CCC/C=C\CCCCCCCC(=O)NCCOP(=O)(O)OCC(O)COC(=O)CCCC. The molecular weight excluding hydrogens is 449 g/mol. The van der Waals surface area contributed by atoms with Crippen molar-refractivity contribution in [1.82, 2.24) is 5.32 Å². The van der Waals surface area contributed by atoms with Crippen molar-refractivity contribution in [3.63, 3.8) is 0 Å². The van der Waals surface area contributed by atoms with Crippen LogP contribution in [0.4, 0.5) is 0 Å². The fourth-order valence-electron chi connectivity index (χ4n) is 2.77. The predicted octanol–water partition coefficient (Wildman–Crippen LogP) is 4.42. The summed E-state index contributed by atoms with van der Waals surface area (Å²) in [6.45, 7) is 3.14. The van der Waals surface area contributed by atoms with Gasteiger partial charge in [0.15, 0.2) is 0 Å². The molecular formula is C23H44NO8P. The van der Waals surface area contributed by atoms with Gasteiger partial charge in [0, 0.05) is 19.4 Å². The highest BCUT2D eigenvalue weighted by Crippen LogP contribution is 2.42. The number of phosphoric ester groups is 1. The molecule has 10 heteroatoms. The predicted molar refractivity (Wildman–Crippen MR) is 128 cm³/mol. The average molecular weight is 494 g/mol. The summed E-state index contributed by atoms with van der Waals surface area (Å²) in [5.41, 5.74) is 0. The van der Waals surface area contributed by atoms with Crippen molar-refractivity contribution in [2.75, 3.05) is 26.4 Å². The van der Waals surface area contributed by atoms with Gasteiger partial charge in [-0.05, 0) is 32.1 Å². The van der Waals surface area contributed by atoms with Crippen LogP contribution in [0.3, 0.4) is 0 Å². The molecule has 0 radical (unpaired) electrons. The second kappa shape index (κ2) is 21.3. The van der Waals surface area contributed by atoms with Crippen molar-refractivity contribution >= 4 is 19.7 Å². The summed E-state index contributed by atoms with van der Waals surface area (Å²) in [4.78, 5) is 32.8. The van der Waals surface area contributed by atoms with E-state index in [0.29, 0.717) is 12.8 Å². The highest BCUT2D eigenvalue weighted by Gasteiger charge is 2.23. The average Bonchev–Trinajstić information content (AvgIpc) is 2.79. The number of esters is 1. The third-order valence-electron chi connectivity index (χ3n) is 4.68. The number of amides is 1. The monoisotopic (exact) mass is 493 g/mol. The molecule has 2 atom stereocenters. The van der Waals surface area contributed by atoms with Crippen molar-refractivity contribution in [3.05, 3.63) is 12.2 Å². The van der Waals surface area contributed by atoms with Crippen LogP contribution in [-0.4, -0.2) is 54.3 Å². The second-order valence-electron chi connectivity index (χ2n) is 7.95. The van der Waals surface area contributed by atoms with Gasteiger partial charge in [-0.3, -0.25) is 18.6 Å². The maximum absolute atomic E-state index is 11.8. The Morgan fingerprint density at radius 3 is 2.33 bits per heavy atom. The molecule has 2 unspecified atom stereocenters. The molecule has 0 fully saturated rings. The minimum Gasteiger partial charge on any atom is -0.463 e. The lowest BCUT2D eigenvalue weighted by Crippen LogP contribution is -2.27. The van der Waals surface area contributed by atoms with Crippen LogP contribution in [0.2, 0.25) is 0 Å². The third-order valence-corrected chi connectivity index (χ3v) is 5.66. The molecule has 0 aromatic carbocycles. The highest BCUT2D eigenvalue weighted by molar-refractivity contribution is 7.47. The summed E-state index contributed by atoms with van der Waals surface area (Å²) in [6, 6.07) is 0. The Kier molecular flexibility index (Phi) is 20.5. The fourth-order valence-corrected chi connectivity index (χ4v) is 3.53. The zero-order valence-corrected chi connectivity index (χ0v) is 21.2. The van der Waals surface area contributed by atoms with Crippen LogP contribution in [-0.2, 0) is 27.9 Å². The first kappa shape index (κ1) is 31.8. The molecule has 0 aliphatic heterocycles. The van der Waals surface area contributed by atoms with Gasteiger partial charge < -0.3 is 20.1 Å². The Bertz CT molecular complexity index is 585. The number of nitrogens with one attached hydrogen (secondary N) is 1. The van der Waals surface area contributed by atoms with Gasteiger partial charge >= 0.3 is 13.8 Å². The topological polar surface area (TPSA) is 131 Å². The first-order valence-corrected chi connectivity index (χ1v) is 13.7. The second-order valence-corrected chi connectivity index (χ2v) is 9.41. The van der Waals surface area contributed by atoms with Crippen molar-refractivity contribution in [3.8, 4) is 0 Å². The van der Waals surface area contributed by atoms with Crippen LogP contribution in [0.25, 0.3) is 0 Å². The fraction of sp³-hybridized carbons (Fsp3) is 0.826. The molecule has 0 aliphatic rings. The zero-order valence-electron chi connectivity index (χ0n) is 20.3. The van der Waals surface area contributed by atoms with E-state index < -0.39 is 26.5 Å². The molecule has 0 saturated carbocycles. The van der Waals surface area contributed by atoms with Gasteiger partial charge in [-0.1, -0.05) is 58.1 Å². The quantitative estimate of drug-likeness (QED) is 0.0874. The van der Waals surface area contributed by atoms with Crippen LogP contribution in [0.5, 0.6) is 0 Å². The van der Waals surface area contributed by atoms with E-state index in [0.717, 1.165) is 44.9 Å². The van der Waals surface area contributed by atoms with Gasteiger partial charge in [-0.15, -0.1) is 0 Å². The van der Waals surface area contributed by atoms with Crippen molar-refractivity contribution < 1.29 is 37.9 Å². The Morgan fingerprint density at radius 2 is 1.61 bits per heavy atom. The van der Waals surface area contributed by atoms with E-state index in [9.17, 15) is 24.2 Å². The Morgan fingerprint density at radius 1 is 0.909 bits per heavy atom. The van der Waals surface area contributed by atoms with E-state index in [-0.39, 0.29) is 32.1 Å². The summed E-state index contributed by atoms with van der Waals surface area (Å²) in [5.74, 6) is -0.569. The van der Waals surface area contributed by atoms with Crippen molar-refractivity contribution in [1.29, 1.82) is 0 Å². The number of aliphatic hydroxyl groups excluding tert-OH is 1. The third kappa shape index (κ3) is 22.3. The lowest BCUT2D eigenvalue weighted by molar-refractivity contribution is -0.147. The van der Waals surface area contributed by atoms with Gasteiger partial charge in [-0.2, -0.15) is 0 Å². The number of ether oxygens (including phenoxy) is 1. The minimum atomic E-state index is -4.37. The van der Waals surface area contributed by atoms with Gasteiger partial charge in [0.25, 0.3) is 0 Å². The number of hydrogen-bond donors (Lipinski definition) is 3. The highest BCUT2D eigenvalue weighted by atomic mass is 31.2. The summed E-state index contributed by atoms with van der Waals surface area (Å²) in [7, 11) is -4.37. The van der Waals surface area contributed by atoms with E-state index in [4.69, 9.17) is 9.26 Å². The number of allylic oxidation sites excluding steroid dienone is 2. The van der Waals surface area contributed by atoms with Gasteiger partial charge in [0.1, 0.15) is 12.7 Å². The normalized spacial score (nSPS) is 14.2. The first-order valence-electron chi connectivity index (χ1n) is 12.2. The minimum absolute atomic E-state index is 0.0778. The van der Waals surface area contributed by atoms with Crippen molar-refractivity contribution in [2.24, 2.45) is 0 Å². The Balaban J connectivity index is 3.69. The van der Waals surface area contributed by atoms with Gasteiger partial charge in [-0.25, -0.2) is 4.57 Å². The van der Waals surface area contributed by atoms with Gasteiger partial charge in [0.2, 0.25) is 5.91 Å². The lowest BCUT2D eigenvalue weighted by atomic mass is 10.1. The number of rotatable bonds is 22. The summed E-state index contributed by atoms with van der Waals surface area (Å²) in [5, 5.41) is 12.3. The Labute approximate surface area is 198 Å². The van der Waals surface area contributed by atoms with Crippen LogP contribution >= 0.6 is 7.82 Å². The molecule has 0 aromatic rings.